The van der Waals surface area contributed by atoms with E-state index in [1.807, 2.05) is 48.5 Å². The van der Waals surface area contributed by atoms with Gasteiger partial charge in [0.15, 0.2) is 0 Å². The normalized spacial score (nSPS) is 12.4. The van der Waals surface area contributed by atoms with Crippen molar-refractivity contribution in [3.8, 4) is 0 Å². The SMILES string of the molecule is NC(c1ccccc1)c1ccccn1. The highest BCUT2D eigenvalue weighted by Gasteiger charge is 2.07. The Morgan fingerprint density at radius 1 is 0.929 bits per heavy atom. The van der Waals surface area contributed by atoms with Gasteiger partial charge in [0, 0.05) is 6.20 Å². The average molecular weight is 184 g/mol. The van der Waals surface area contributed by atoms with E-state index in [4.69, 9.17) is 5.73 Å². The second kappa shape index (κ2) is 4.03. The Bertz CT molecular complexity index is 344. The molecule has 2 nitrogen and oxygen atoms in total. The Morgan fingerprint density at radius 3 is 2.29 bits per heavy atom. The van der Waals surface area contributed by atoms with Gasteiger partial charge in [-0.15, -0.1) is 0 Å². The Balaban J connectivity index is 2.30. The van der Waals surface area contributed by atoms with Crippen molar-refractivity contribution in [2.75, 3.05) is 0 Å². The molecule has 0 aliphatic heterocycles. The van der Waals surface area contributed by atoms with Gasteiger partial charge in [0.1, 0.15) is 0 Å². The minimum atomic E-state index is -0.127. The average Bonchev–Trinajstić information content (AvgIpc) is 2.30. The minimum Gasteiger partial charge on any atom is -0.319 e. The summed E-state index contributed by atoms with van der Waals surface area (Å²) in [5.74, 6) is 0. The van der Waals surface area contributed by atoms with Crippen LogP contribution in [0, 0.1) is 0 Å². The number of hydrogen-bond acceptors (Lipinski definition) is 2. The molecule has 2 aromatic rings. The van der Waals surface area contributed by atoms with Gasteiger partial charge >= 0.3 is 0 Å². The summed E-state index contributed by atoms with van der Waals surface area (Å²) in [6, 6.07) is 15.6. The first-order valence-corrected chi connectivity index (χ1v) is 4.59. The van der Waals surface area contributed by atoms with Gasteiger partial charge in [-0.25, -0.2) is 0 Å². The van der Waals surface area contributed by atoms with E-state index in [9.17, 15) is 0 Å². The number of hydrogen-bond donors (Lipinski definition) is 1. The predicted octanol–water partition coefficient (Wildman–Crippen LogP) is 2.13. The van der Waals surface area contributed by atoms with Crippen molar-refractivity contribution in [2.24, 2.45) is 5.73 Å². The maximum Gasteiger partial charge on any atom is 0.0726 e. The van der Waals surface area contributed by atoms with E-state index in [2.05, 4.69) is 4.98 Å². The Hall–Kier alpha value is -1.67. The van der Waals surface area contributed by atoms with Crippen LogP contribution in [-0.2, 0) is 0 Å². The first kappa shape index (κ1) is 8.91. The minimum absolute atomic E-state index is 0.127. The summed E-state index contributed by atoms with van der Waals surface area (Å²) in [7, 11) is 0. The van der Waals surface area contributed by atoms with Crippen molar-refractivity contribution in [3.63, 3.8) is 0 Å². The molecule has 1 heterocycles. The molecule has 0 spiro atoms. The van der Waals surface area contributed by atoms with Crippen LogP contribution in [0.2, 0.25) is 0 Å². The third kappa shape index (κ3) is 1.80. The molecule has 0 saturated carbocycles. The molecule has 14 heavy (non-hydrogen) atoms. The molecule has 0 aliphatic rings. The topological polar surface area (TPSA) is 38.9 Å². The lowest BCUT2D eigenvalue weighted by Crippen LogP contribution is -2.12. The molecule has 1 atom stereocenters. The van der Waals surface area contributed by atoms with Crippen LogP contribution in [0.1, 0.15) is 17.3 Å². The molecule has 2 rings (SSSR count). The van der Waals surface area contributed by atoms with Gasteiger partial charge < -0.3 is 5.73 Å². The third-order valence-corrected chi connectivity index (χ3v) is 2.17. The molecule has 2 heteroatoms. The summed E-state index contributed by atoms with van der Waals surface area (Å²) in [6.45, 7) is 0. The van der Waals surface area contributed by atoms with Crippen LogP contribution in [0.15, 0.2) is 54.7 Å². The fourth-order valence-corrected chi connectivity index (χ4v) is 1.39. The van der Waals surface area contributed by atoms with Crippen LogP contribution >= 0.6 is 0 Å². The zero-order chi connectivity index (χ0) is 9.80. The number of aromatic nitrogens is 1. The zero-order valence-corrected chi connectivity index (χ0v) is 7.80. The summed E-state index contributed by atoms with van der Waals surface area (Å²) in [5.41, 5.74) is 8.04. The largest absolute Gasteiger partial charge is 0.319 e. The Kier molecular flexibility index (Phi) is 2.56. The van der Waals surface area contributed by atoms with Gasteiger partial charge in [-0.2, -0.15) is 0 Å². The smallest absolute Gasteiger partial charge is 0.0726 e. The van der Waals surface area contributed by atoms with Crippen molar-refractivity contribution in [3.05, 3.63) is 66.0 Å². The van der Waals surface area contributed by atoms with Gasteiger partial charge in [-0.3, -0.25) is 4.98 Å². The van der Waals surface area contributed by atoms with Gasteiger partial charge in [0.25, 0.3) is 0 Å². The van der Waals surface area contributed by atoms with Gasteiger partial charge in [0.2, 0.25) is 0 Å². The van der Waals surface area contributed by atoms with Crippen molar-refractivity contribution in [1.82, 2.24) is 4.98 Å². The molecular formula is C12H12N2. The molecule has 0 aliphatic carbocycles. The number of nitrogens with zero attached hydrogens (tertiary/aromatic N) is 1. The van der Waals surface area contributed by atoms with Crippen LogP contribution in [0.5, 0.6) is 0 Å². The molecule has 1 unspecified atom stereocenters. The number of pyridine rings is 1. The van der Waals surface area contributed by atoms with E-state index in [-0.39, 0.29) is 6.04 Å². The molecule has 1 aromatic carbocycles. The third-order valence-electron chi connectivity index (χ3n) is 2.17. The highest BCUT2D eigenvalue weighted by molar-refractivity contribution is 5.26. The fraction of sp³-hybridized carbons (Fsp3) is 0.0833. The molecule has 70 valence electrons. The first-order chi connectivity index (χ1) is 6.88. The second-order valence-corrected chi connectivity index (χ2v) is 3.14. The van der Waals surface area contributed by atoms with Crippen molar-refractivity contribution in [1.29, 1.82) is 0 Å². The van der Waals surface area contributed by atoms with Gasteiger partial charge in [-0.1, -0.05) is 36.4 Å². The Morgan fingerprint density at radius 2 is 1.64 bits per heavy atom. The maximum absolute atomic E-state index is 6.05. The molecule has 0 amide bonds. The van der Waals surface area contributed by atoms with E-state index in [1.54, 1.807) is 6.20 Å². The van der Waals surface area contributed by atoms with Gasteiger partial charge in [-0.05, 0) is 17.7 Å². The van der Waals surface area contributed by atoms with E-state index in [0.717, 1.165) is 11.3 Å². The van der Waals surface area contributed by atoms with Crippen LogP contribution < -0.4 is 5.73 Å². The molecule has 1 aromatic heterocycles. The number of benzene rings is 1. The van der Waals surface area contributed by atoms with Crippen LogP contribution in [-0.4, -0.2) is 4.98 Å². The summed E-state index contributed by atoms with van der Waals surface area (Å²) in [4.78, 5) is 4.23. The van der Waals surface area contributed by atoms with Crippen molar-refractivity contribution >= 4 is 0 Å². The number of nitrogens with two attached hydrogens (primary N) is 1. The lowest BCUT2D eigenvalue weighted by molar-refractivity contribution is 0.829. The first-order valence-electron chi connectivity index (χ1n) is 4.59. The van der Waals surface area contributed by atoms with Crippen LogP contribution in [0.3, 0.4) is 0 Å². The molecule has 0 bridgehead atoms. The van der Waals surface area contributed by atoms with Crippen molar-refractivity contribution < 1.29 is 0 Å². The molecule has 2 N–H and O–H groups in total. The molecule has 0 radical (unpaired) electrons. The molecular weight excluding hydrogens is 172 g/mol. The van der Waals surface area contributed by atoms with Crippen LogP contribution in [0.4, 0.5) is 0 Å². The summed E-state index contributed by atoms with van der Waals surface area (Å²) < 4.78 is 0. The van der Waals surface area contributed by atoms with Crippen LogP contribution in [0.25, 0.3) is 0 Å². The van der Waals surface area contributed by atoms with Gasteiger partial charge in [0.05, 0.1) is 11.7 Å². The molecule has 0 saturated heterocycles. The predicted molar refractivity (Wildman–Crippen MR) is 56.7 cm³/mol. The summed E-state index contributed by atoms with van der Waals surface area (Å²) in [5, 5.41) is 0. The van der Waals surface area contributed by atoms with E-state index in [0.29, 0.717) is 0 Å². The van der Waals surface area contributed by atoms with E-state index in [1.165, 1.54) is 0 Å². The van der Waals surface area contributed by atoms with E-state index < -0.39 is 0 Å². The quantitative estimate of drug-likeness (QED) is 0.776. The highest BCUT2D eigenvalue weighted by Crippen LogP contribution is 2.16. The standard InChI is InChI=1S/C12H12N2/c13-12(10-6-2-1-3-7-10)11-8-4-5-9-14-11/h1-9,12H,13H2. The Labute approximate surface area is 83.4 Å². The van der Waals surface area contributed by atoms with E-state index >= 15 is 0 Å². The number of rotatable bonds is 2. The summed E-state index contributed by atoms with van der Waals surface area (Å²) in [6.07, 6.45) is 1.76. The lowest BCUT2D eigenvalue weighted by Gasteiger charge is -2.10. The zero-order valence-electron chi connectivity index (χ0n) is 7.80. The molecule has 0 fully saturated rings. The maximum atomic E-state index is 6.05. The monoisotopic (exact) mass is 184 g/mol. The second-order valence-electron chi connectivity index (χ2n) is 3.14. The van der Waals surface area contributed by atoms with Crippen molar-refractivity contribution in [2.45, 2.75) is 6.04 Å². The fourth-order valence-electron chi connectivity index (χ4n) is 1.39. The lowest BCUT2D eigenvalue weighted by atomic mass is 10.0. The highest BCUT2D eigenvalue weighted by atomic mass is 14.8. The summed E-state index contributed by atoms with van der Waals surface area (Å²) >= 11 is 0.